The maximum absolute atomic E-state index is 12.7. The Labute approximate surface area is 193 Å². The van der Waals surface area contributed by atoms with Crippen LogP contribution in [0.25, 0.3) is 6.08 Å². The van der Waals surface area contributed by atoms with Crippen LogP contribution in [0.15, 0.2) is 53.4 Å². The summed E-state index contributed by atoms with van der Waals surface area (Å²) in [5.41, 5.74) is 5.75. The number of benzene rings is 2. The molecular weight excluding hydrogens is 458 g/mol. The molecule has 0 radical (unpaired) electrons. The molecule has 0 aliphatic carbocycles. The summed E-state index contributed by atoms with van der Waals surface area (Å²) in [7, 11) is 1.57. The van der Waals surface area contributed by atoms with Gasteiger partial charge in [-0.15, -0.1) is 0 Å². The van der Waals surface area contributed by atoms with Crippen molar-refractivity contribution < 1.29 is 19.1 Å². The average Bonchev–Trinajstić information content (AvgIpc) is 3.03. The van der Waals surface area contributed by atoms with E-state index in [1.165, 1.54) is 22.7 Å². The fraction of sp³-hybridized carbons (Fsp3) is 0.143. The highest BCUT2D eigenvalue weighted by molar-refractivity contribution is 8.26. The van der Waals surface area contributed by atoms with Gasteiger partial charge in [-0.25, -0.2) is 0 Å². The zero-order valence-electron chi connectivity index (χ0n) is 16.4. The number of hydrogen-bond acceptors (Lipinski definition) is 6. The van der Waals surface area contributed by atoms with E-state index >= 15 is 0 Å². The number of carbonyl (C=O) groups is 3. The van der Waals surface area contributed by atoms with Gasteiger partial charge in [-0.2, -0.15) is 0 Å². The average molecular weight is 476 g/mol. The first-order valence-electron chi connectivity index (χ1n) is 9.11. The van der Waals surface area contributed by atoms with E-state index in [0.29, 0.717) is 25.6 Å². The zero-order valence-corrected chi connectivity index (χ0v) is 18.8. The molecule has 0 saturated carbocycles. The molecule has 0 aromatic heterocycles. The highest BCUT2D eigenvalue weighted by Gasteiger charge is 2.32. The predicted octanol–water partition coefficient (Wildman–Crippen LogP) is 3.40. The number of nitrogens with one attached hydrogen (secondary N) is 2. The lowest BCUT2D eigenvalue weighted by Gasteiger charge is -2.14. The molecule has 0 unspecified atom stereocenters. The molecule has 0 spiro atoms. The number of thioether (sulfide) groups is 1. The van der Waals surface area contributed by atoms with Crippen molar-refractivity contribution in [3.8, 4) is 5.75 Å². The quantitative estimate of drug-likeness (QED) is 0.378. The summed E-state index contributed by atoms with van der Waals surface area (Å²) in [5.74, 6) is -0.543. The first kappa shape index (κ1) is 22.8. The lowest BCUT2D eigenvalue weighted by atomic mass is 10.2. The zero-order chi connectivity index (χ0) is 22.4. The second kappa shape index (κ2) is 10.4. The van der Waals surface area contributed by atoms with E-state index in [0.717, 1.165) is 5.56 Å². The molecule has 1 saturated heterocycles. The molecule has 1 fully saturated rings. The van der Waals surface area contributed by atoms with E-state index in [9.17, 15) is 14.4 Å². The van der Waals surface area contributed by atoms with E-state index in [1.807, 2.05) is 24.3 Å². The molecule has 2 aromatic carbocycles. The van der Waals surface area contributed by atoms with Gasteiger partial charge in [-0.1, -0.05) is 53.8 Å². The van der Waals surface area contributed by atoms with Crippen LogP contribution in [0.3, 0.4) is 0 Å². The van der Waals surface area contributed by atoms with Crippen LogP contribution < -0.4 is 15.6 Å². The Hall–Kier alpha value is -2.88. The molecule has 1 aliphatic rings. The molecule has 31 heavy (non-hydrogen) atoms. The van der Waals surface area contributed by atoms with Crippen LogP contribution in [0, 0.1) is 0 Å². The van der Waals surface area contributed by atoms with E-state index < -0.39 is 11.8 Å². The molecule has 2 N–H and O–H groups in total. The van der Waals surface area contributed by atoms with Gasteiger partial charge in [0.25, 0.3) is 11.8 Å². The monoisotopic (exact) mass is 475 g/mol. The van der Waals surface area contributed by atoms with Gasteiger partial charge < -0.3 is 4.74 Å². The number of amides is 3. The number of ether oxygens (including phenoxy) is 1. The van der Waals surface area contributed by atoms with Crippen LogP contribution >= 0.6 is 35.6 Å². The minimum absolute atomic E-state index is 0.0330. The number of hydrogen-bond donors (Lipinski definition) is 2. The molecule has 3 amide bonds. The van der Waals surface area contributed by atoms with Gasteiger partial charge in [0.15, 0.2) is 0 Å². The van der Waals surface area contributed by atoms with E-state index in [4.69, 9.17) is 28.6 Å². The van der Waals surface area contributed by atoms with Gasteiger partial charge in [0.2, 0.25) is 5.91 Å². The normalized spacial score (nSPS) is 14.6. The summed E-state index contributed by atoms with van der Waals surface area (Å²) in [6.45, 7) is 0.0962. The molecule has 2 aromatic rings. The third-order valence-corrected chi connectivity index (χ3v) is 5.84. The van der Waals surface area contributed by atoms with E-state index in [1.54, 1.807) is 31.4 Å². The molecule has 7 nitrogen and oxygen atoms in total. The molecule has 3 rings (SSSR count). The first-order valence-corrected chi connectivity index (χ1v) is 10.7. The third-order valence-electron chi connectivity index (χ3n) is 4.23. The summed E-state index contributed by atoms with van der Waals surface area (Å²) < 4.78 is 5.56. The summed E-state index contributed by atoms with van der Waals surface area (Å²) in [6, 6.07) is 13.6. The highest BCUT2D eigenvalue weighted by atomic mass is 35.5. The molecule has 1 aliphatic heterocycles. The number of hydrazine groups is 1. The van der Waals surface area contributed by atoms with Crippen LogP contribution in [-0.4, -0.2) is 40.6 Å². The van der Waals surface area contributed by atoms with Gasteiger partial charge in [0, 0.05) is 23.6 Å². The van der Waals surface area contributed by atoms with Crippen LogP contribution in [0.1, 0.15) is 22.3 Å². The van der Waals surface area contributed by atoms with Crippen molar-refractivity contribution in [1.29, 1.82) is 0 Å². The molecule has 0 atom stereocenters. The molecule has 160 valence electrons. The minimum atomic E-state index is -0.498. The van der Waals surface area contributed by atoms with Crippen molar-refractivity contribution in [2.75, 3.05) is 13.7 Å². The molecule has 1 heterocycles. The van der Waals surface area contributed by atoms with Crippen molar-refractivity contribution in [2.45, 2.75) is 6.42 Å². The fourth-order valence-corrected chi connectivity index (χ4v) is 4.18. The van der Waals surface area contributed by atoms with E-state index in [-0.39, 0.29) is 18.9 Å². The Morgan fingerprint density at radius 2 is 1.97 bits per heavy atom. The predicted molar refractivity (Wildman–Crippen MR) is 125 cm³/mol. The van der Waals surface area contributed by atoms with Crippen molar-refractivity contribution in [3.05, 3.63) is 69.6 Å². The van der Waals surface area contributed by atoms with Crippen LogP contribution in [0.4, 0.5) is 0 Å². The standard InChI is InChI=1S/C21H18ClN3O4S2/c1-29-16-7-2-4-13(10-16)11-17-20(28)25(21(30)31-17)9-8-18(26)23-24-19(27)14-5-3-6-15(22)12-14/h2-7,10-12H,8-9H2,1H3,(H,23,26)(H,24,27)/b17-11-. The number of carbonyl (C=O) groups excluding carboxylic acids is 3. The number of rotatable bonds is 6. The fourth-order valence-electron chi connectivity index (χ4n) is 2.68. The van der Waals surface area contributed by atoms with Crippen LogP contribution in [0.5, 0.6) is 5.75 Å². The summed E-state index contributed by atoms with van der Waals surface area (Å²) >= 11 is 12.3. The van der Waals surface area contributed by atoms with Crippen molar-refractivity contribution in [2.24, 2.45) is 0 Å². The van der Waals surface area contributed by atoms with Gasteiger partial charge >= 0.3 is 0 Å². The Bertz CT molecular complexity index is 1070. The molecular formula is C21H18ClN3O4S2. The maximum Gasteiger partial charge on any atom is 0.269 e. The Balaban J connectivity index is 1.53. The number of halogens is 1. The second-order valence-electron chi connectivity index (χ2n) is 6.37. The Morgan fingerprint density at radius 3 is 2.71 bits per heavy atom. The van der Waals surface area contributed by atoms with Crippen molar-refractivity contribution in [1.82, 2.24) is 15.8 Å². The lowest BCUT2D eigenvalue weighted by molar-refractivity contribution is -0.124. The number of nitrogens with zero attached hydrogens (tertiary/aromatic N) is 1. The maximum atomic E-state index is 12.7. The second-order valence-corrected chi connectivity index (χ2v) is 8.48. The van der Waals surface area contributed by atoms with E-state index in [2.05, 4.69) is 10.9 Å². The van der Waals surface area contributed by atoms with Gasteiger partial charge in [0.1, 0.15) is 10.1 Å². The Kier molecular flexibility index (Phi) is 7.67. The molecule has 10 heteroatoms. The van der Waals surface area contributed by atoms with Gasteiger partial charge in [-0.3, -0.25) is 30.1 Å². The topological polar surface area (TPSA) is 87.7 Å². The highest BCUT2D eigenvalue weighted by Crippen LogP contribution is 2.33. The third kappa shape index (κ3) is 6.06. The van der Waals surface area contributed by atoms with Crippen LogP contribution in [-0.2, 0) is 9.59 Å². The van der Waals surface area contributed by atoms with Crippen molar-refractivity contribution in [3.63, 3.8) is 0 Å². The first-order chi connectivity index (χ1) is 14.9. The molecule has 0 bridgehead atoms. The van der Waals surface area contributed by atoms with Gasteiger partial charge in [0.05, 0.1) is 12.0 Å². The smallest absolute Gasteiger partial charge is 0.269 e. The van der Waals surface area contributed by atoms with Crippen molar-refractivity contribution >= 4 is 63.7 Å². The lowest BCUT2D eigenvalue weighted by Crippen LogP contribution is -2.43. The largest absolute Gasteiger partial charge is 0.497 e. The summed E-state index contributed by atoms with van der Waals surface area (Å²) in [5, 5.41) is 0.412. The minimum Gasteiger partial charge on any atom is -0.497 e. The number of methoxy groups -OCH3 is 1. The summed E-state index contributed by atoms with van der Waals surface area (Å²) in [4.78, 5) is 38.6. The SMILES string of the molecule is COc1cccc(/C=C2\SC(=S)N(CCC(=O)NNC(=O)c3cccc(Cl)c3)C2=O)c1. The number of thiocarbonyl (C=S) groups is 1. The summed E-state index contributed by atoms with van der Waals surface area (Å²) in [6.07, 6.45) is 1.70. The Morgan fingerprint density at radius 1 is 1.19 bits per heavy atom. The van der Waals surface area contributed by atoms with Crippen LogP contribution in [0.2, 0.25) is 5.02 Å². The van der Waals surface area contributed by atoms with Gasteiger partial charge in [-0.05, 0) is 42.0 Å².